The van der Waals surface area contributed by atoms with Gasteiger partial charge in [0.15, 0.2) is 5.78 Å². The van der Waals surface area contributed by atoms with Crippen LogP contribution in [0.1, 0.15) is 48.2 Å². The number of alkyl halides is 3. The van der Waals surface area contributed by atoms with Gasteiger partial charge in [0.2, 0.25) is 0 Å². The minimum absolute atomic E-state index is 0.0556. The van der Waals surface area contributed by atoms with E-state index in [9.17, 15) is 18.0 Å². The third-order valence-corrected chi connectivity index (χ3v) is 9.60. The number of hydrogen-bond acceptors (Lipinski definition) is 1. The van der Waals surface area contributed by atoms with Gasteiger partial charge in [-0.15, -0.1) is 0 Å². The molecule has 5 heteroatoms. The average molecular weight is 352 g/mol. The summed E-state index contributed by atoms with van der Waals surface area (Å²) in [6.07, 6.45) is -3.20. The van der Waals surface area contributed by atoms with Crippen LogP contribution in [0.15, 0.2) is 29.3 Å². The Bertz CT molecular complexity index is 755. The molecule has 1 aromatic rings. The molecule has 0 aromatic heterocycles. The largest absolute Gasteiger partial charge is 0.417 e. The van der Waals surface area contributed by atoms with Crippen LogP contribution in [0.25, 0.3) is 0 Å². The van der Waals surface area contributed by atoms with Crippen LogP contribution in [-0.2, 0) is 11.2 Å². The van der Waals surface area contributed by atoms with E-state index in [0.717, 1.165) is 11.6 Å². The maximum absolute atomic E-state index is 13.5. The maximum Gasteiger partial charge on any atom is 0.417 e. The van der Waals surface area contributed by atoms with E-state index in [4.69, 9.17) is 0 Å². The smallest absolute Gasteiger partial charge is 0.294 e. The highest BCUT2D eigenvalue weighted by atomic mass is 28.3. The summed E-state index contributed by atoms with van der Waals surface area (Å²) in [7, 11) is -1.98. The van der Waals surface area contributed by atoms with Crippen molar-refractivity contribution in [1.29, 1.82) is 0 Å². The van der Waals surface area contributed by atoms with E-state index < -0.39 is 24.9 Å². The molecule has 0 radical (unpaired) electrons. The molecular formula is C19H23F3OSi. The van der Waals surface area contributed by atoms with Gasteiger partial charge in [0, 0.05) is 16.5 Å². The number of rotatable bonds is 1. The first kappa shape index (κ1) is 17.5. The Kier molecular flexibility index (Phi) is 3.69. The molecule has 0 spiro atoms. The van der Waals surface area contributed by atoms with E-state index in [1.54, 1.807) is 6.07 Å². The van der Waals surface area contributed by atoms with Crippen LogP contribution in [0.5, 0.6) is 0 Å². The van der Waals surface area contributed by atoms with Gasteiger partial charge in [-0.25, -0.2) is 0 Å². The number of halogens is 3. The Morgan fingerprint density at radius 3 is 2.29 bits per heavy atom. The van der Waals surface area contributed by atoms with E-state index in [0.29, 0.717) is 18.4 Å². The van der Waals surface area contributed by atoms with Gasteiger partial charge in [0.1, 0.15) is 0 Å². The number of benzene rings is 1. The number of fused-ring (bicyclic) bond motifs is 3. The second kappa shape index (κ2) is 5.07. The summed E-state index contributed by atoms with van der Waals surface area (Å²) in [6, 6.07) is 4.30. The van der Waals surface area contributed by atoms with E-state index >= 15 is 0 Å². The average Bonchev–Trinajstić information content (AvgIpc) is 2.69. The number of allylic oxidation sites excluding steroid dienone is 2. The molecule has 1 aromatic carbocycles. The molecule has 0 unspecified atom stereocenters. The molecule has 130 valence electrons. The van der Waals surface area contributed by atoms with Crippen LogP contribution < -0.4 is 0 Å². The van der Waals surface area contributed by atoms with Gasteiger partial charge < -0.3 is 0 Å². The predicted octanol–water partition coefficient (Wildman–Crippen LogP) is 5.76. The zero-order chi connectivity index (χ0) is 18.1. The number of Topliss-reactive ketones (excluding diaryl/α,β-unsaturated/α-hetero) is 1. The fourth-order valence-corrected chi connectivity index (χ4v) is 7.83. The van der Waals surface area contributed by atoms with E-state index in [2.05, 4.69) is 26.6 Å². The minimum atomic E-state index is -4.49. The van der Waals surface area contributed by atoms with Crippen LogP contribution in [0.2, 0.25) is 19.6 Å². The summed E-state index contributed by atoms with van der Waals surface area (Å²) < 4.78 is 40.6. The van der Waals surface area contributed by atoms with Crippen molar-refractivity contribution in [2.45, 2.75) is 57.5 Å². The molecule has 3 rings (SSSR count). The topological polar surface area (TPSA) is 17.1 Å². The molecule has 0 aliphatic heterocycles. The fourth-order valence-electron chi connectivity index (χ4n) is 4.74. The Morgan fingerprint density at radius 2 is 1.75 bits per heavy atom. The monoisotopic (exact) mass is 352 g/mol. The second-order valence-electron chi connectivity index (χ2n) is 8.31. The van der Waals surface area contributed by atoms with Crippen LogP contribution in [0.4, 0.5) is 13.2 Å². The maximum atomic E-state index is 13.5. The van der Waals surface area contributed by atoms with Crippen molar-refractivity contribution in [1.82, 2.24) is 0 Å². The van der Waals surface area contributed by atoms with Crippen LogP contribution in [0.3, 0.4) is 0 Å². The van der Waals surface area contributed by atoms with E-state index in [1.165, 1.54) is 11.6 Å². The van der Waals surface area contributed by atoms with Gasteiger partial charge in [-0.3, -0.25) is 4.79 Å². The Labute approximate surface area is 142 Å². The van der Waals surface area contributed by atoms with Crippen molar-refractivity contribution in [2.24, 2.45) is 5.92 Å². The van der Waals surface area contributed by atoms with Crippen molar-refractivity contribution >= 4 is 13.9 Å². The van der Waals surface area contributed by atoms with Gasteiger partial charge in [0.05, 0.1) is 13.6 Å². The number of carbonyl (C=O) groups excluding carboxylic acids is 1. The lowest BCUT2D eigenvalue weighted by molar-refractivity contribution is -0.137. The highest BCUT2D eigenvalue weighted by Gasteiger charge is 2.61. The first-order valence-corrected chi connectivity index (χ1v) is 11.8. The molecule has 1 nitrogen and oxygen atoms in total. The van der Waals surface area contributed by atoms with Gasteiger partial charge in [0.25, 0.3) is 0 Å². The lowest BCUT2D eigenvalue weighted by atomic mass is 9.75. The third kappa shape index (κ3) is 2.16. The molecule has 0 bridgehead atoms. The summed E-state index contributed by atoms with van der Waals surface area (Å²) in [4.78, 5) is 13.1. The Balaban J connectivity index is 2.36. The lowest BCUT2D eigenvalue weighted by Crippen LogP contribution is -2.55. The summed E-state index contributed by atoms with van der Waals surface area (Å²) in [5.41, 5.74) is 2.22. The molecule has 0 saturated carbocycles. The summed E-state index contributed by atoms with van der Waals surface area (Å²) in [6.45, 7) is 10.6. The SMILES string of the molecule is CC1=C(C)C[C@]2([Si](C)(C)C)c3cccc(C(F)(F)F)c3C(=O)[C@@H]2C1. The molecule has 0 saturated heterocycles. The predicted molar refractivity (Wildman–Crippen MR) is 91.9 cm³/mol. The quantitative estimate of drug-likeness (QED) is 0.464. The molecule has 2 aliphatic rings. The van der Waals surface area contributed by atoms with E-state index in [-0.39, 0.29) is 17.3 Å². The van der Waals surface area contributed by atoms with Crippen LogP contribution >= 0.6 is 0 Å². The Morgan fingerprint density at radius 1 is 1.12 bits per heavy atom. The first-order valence-electron chi connectivity index (χ1n) is 8.31. The molecule has 24 heavy (non-hydrogen) atoms. The van der Waals surface area contributed by atoms with E-state index in [1.807, 2.05) is 6.92 Å². The summed E-state index contributed by atoms with van der Waals surface area (Å²) >= 11 is 0. The zero-order valence-electron chi connectivity index (χ0n) is 14.8. The van der Waals surface area contributed by atoms with Crippen molar-refractivity contribution in [3.63, 3.8) is 0 Å². The Hall–Kier alpha value is -1.36. The van der Waals surface area contributed by atoms with Crippen LogP contribution in [0, 0.1) is 5.92 Å². The molecule has 0 amide bonds. The summed E-state index contributed by atoms with van der Waals surface area (Å²) in [5, 5.41) is -0.426. The minimum Gasteiger partial charge on any atom is -0.294 e. The standard InChI is InChI=1S/C19H23F3OSi/c1-11-9-15-17(23)16-13(7-6-8-14(16)19(20,21)22)18(15,10-12(11)2)24(3,4)5/h6-8,15H,9-10H2,1-5H3/t15-,18-/m0/s1. The molecule has 2 aliphatic carbocycles. The highest BCUT2D eigenvalue weighted by Crippen LogP contribution is 2.58. The third-order valence-electron chi connectivity index (χ3n) is 6.13. The number of ketones is 1. The number of carbonyl (C=O) groups is 1. The van der Waals surface area contributed by atoms with Crippen LogP contribution in [-0.4, -0.2) is 13.9 Å². The molecule has 0 N–H and O–H groups in total. The van der Waals surface area contributed by atoms with Gasteiger partial charge in [-0.05, 0) is 38.3 Å². The van der Waals surface area contributed by atoms with Gasteiger partial charge in [-0.1, -0.05) is 42.9 Å². The summed E-state index contributed by atoms with van der Waals surface area (Å²) in [5.74, 6) is -0.640. The normalized spacial score (nSPS) is 27.3. The molecule has 0 fully saturated rings. The lowest BCUT2D eigenvalue weighted by Gasteiger charge is -2.48. The number of hydrogen-bond donors (Lipinski definition) is 0. The zero-order valence-corrected chi connectivity index (χ0v) is 15.8. The van der Waals surface area contributed by atoms with Crippen molar-refractivity contribution in [3.05, 3.63) is 46.0 Å². The molecular weight excluding hydrogens is 329 g/mol. The van der Waals surface area contributed by atoms with Gasteiger partial charge in [-0.2, -0.15) is 13.2 Å². The van der Waals surface area contributed by atoms with Crippen molar-refractivity contribution in [3.8, 4) is 0 Å². The molecule has 0 heterocycles. The van der Waals surface area contributed by atoms with Crippen molar-refractivity contribution < 1.29 is 18.0 Å². The molecule has 2 atom stereocenters. The van der Waals surface area contributed by atoms with Gasteiger partial charge >= 0.3 is 6.18 Å². The fraction of sp³-hybridized carbons (Fsp3) is 0.526. The van der Waals surface area contributed by atoms with Crippen molar-refractivity contribution in [2.75, 3.05) is 0 Å². The highest BCUT2D eigenvalue weighted by molar-refractivity contribution is 6.79. The first-order chi connectivity index (χ1) is 10.9. The second-order valence-corrected chi connectivity index (χ2v) is 13.7.